The van der Waals surface area contributed by atoms with Crippen molar-refractivity contribution >= 4 is 21.8 Å². The van der Waals surface area contributed by atoms with Gasteiger partial charge >= 0.3 is 0 Å². The van der Waals surface area contributed by atoms with Gasteiger partial charge in [0.2, 0.25) is 0 Å². The van der Waals surface area contributed by atoms with E-state index in [-0.39, 0.29) is 45.3 Å². The zero-order valence-electron chi connectivity index (χ0n) is 16.2. The van der Waals surface area contributed by atoms with E-state index in [0.29, 0.717) is 5.92 Å². The van der Waals surface area contributed by atoms with Gasteiger partial charge in [-0.05, 0) is 61.1 Å². The van der Waals surface area contributed by atoms with Crippen molar-refractivity contribution in [3.8, 4) is 0 Å². The molecule has 3 aliphatic rings. The summed E-state index contributed by atoms with van der Waals surface area (Å²) in [5.41, 5.74) is 0.652. The molecular formula is C20H26N2O4S. The van der Waals surface area contributed by atoms with Gasteiger partial charge in [0.25, 0.3) is 21.8 Å². The molecule has 1 aromatic carbocycles. The van der Waals surface area contributed by atoms with E-state index >= 15 is 0 Å². The third-order valence-electron chi connectivity index (χ3n) is 7.66. The fourth-order valence-electron chi connectivity index (χ4n) is 5.39. The normalized spacial score (nSPS) is 32.6. The Kier molecular flexibility index (Phi) is 3.81. The quantitative estimate of drug-likeness (QED) is 0.860. The summed E-state index contributed by atoms with van der Waals surface area (Å²) < 4.78 is 26.0. The Morgan fingerprint density at radius 1 is 1.30 bits per heavy atom. The van der Waals surface area contributed by atoms with E-state index in [0.717, 1.165) is 17.1 Å². The van der Waals surface area contributed by atoms with Gasteiger partial charge in [0.05, 0.1) is 5.56 Å². The van der Waals surface area contributed by atoms with Crippen LogP contribution in [-0.2, 0) is 10.0 Å². The van der Waals surface area contributed by atoms with Gasteiger partial charge in [0, 0.05) is 18.2 Å². The monoisotopic (exact) mass is 390 g/mol. The Bertz CT molecular complexity index is 953. The van der Waals surface area contributed by atoms with Crippen molar-refractivity contribution < 1.29 is 18.0 Å². The van der Waals surface area contributed by atoms with E-state index in [9.17, 15) is 18.0 Å². The SMILES string of the molecule is CCN1C(=O)c2ccc(C(=O)N[C@@H]3C[C@H]4CC[C@@]3(C)C4(C)C)cc2S1(=O)=O. The van der Waals surface area contributed by atoms with Gasteiger partial charge < -0.3 is 5.32 Å². The number of hydrogen-bond acceptors (Lipinski definition) is 4. The smallest absolute Gasteiger partial charge is 0.268 e. The van der Waals surface area contributed by atoms with Crippen LogP contribution in [0.15, 0.2) is 23.1 Å². The highest BCUT2D eigenvalue weighted by Crippen LogP contribution is 2.65. The molecule has 7 heteroatoms. The largest absolute Gasteiger partial charge is 0.349 e. The van der Waals surface area contributed by atoms with Crippen LogP contribution in [0.3, 0.4) is 0 Å². The van der Waals surface area contributed by atoms with Crippen molar-refractivity contribution in [2.24, 2.45) is 16.7 Å². The zero-order valence-corrected chi connectivity index (χ0v) is 17.0. The van der Waals surface area contributed by atoms with Crippen LogP contribution >= 0.6 is 0 Å². The highest BCUT2D eigenvalue weighted by Gasteiger charge is 2.61. The lowest BCUT2D eigenvalue weighted by atomic mass is 9.69. The van der Waals surface area contributed by atoms with Crippen LogP contribution in [0.1, 0.15) is 67.7 Å². The molecule has 2 aliphatic carbocycles. The zero-order chi connectivity index (χ0) is 19.8. The summed E-state index contributed by atoms with van der Waals surface area (Å²) in [6.45, 7) is 8.50. The van der Waals surface area contributed by atoms with Crippen LogP contribution in [-0.4, -0.2) is 37.1 Å². The number of rotatable bonds is 3. The first-order valence-corrected chi connectivity index (χ1v) is 11.0. The number of carbonyl (C=O) groups is 2. The molecule has 2 bridgehead atoms. The molecule has 6 nitrogen and oxygen atoms in total. The predicted octanol–water partition coefficient (Wildman–Crippen LogP) is 2.80. The number of benzene rings is 1. The molecule has 1 heterocycles. The fourth-order valence-corrected chi connectivity index (χ4v) is 7.00. The number of carbonyl (C=O) groups excluding carboxylic acids is 2. The number of amides is 2. The molecule has 0 aromatic heterocycles. The Labute approximate surface area is 160 Å². The van der Waals surface area contributed by atoms with E-state index in [2.05, 4.69) is 26.1 Å². The number of nitrogens with one attached hydrogen (secondary N) is 1. The Morgan fingerprint density at radius 3 is 2.56 bits per heavy atom. The van der Waals surface area contributed by atoms with Gasteiger partial charge in [0.15, 0.2) is 0 Å². The lowest BCUT2D eigenvalue weighted by Crippen LogP contribution is -2.46. The van der Waals surface area contributed by atoms with E-state index < -0.39 is 15.9 Å². The molecule has 0 saturated heterocycles. The molecule has 27 heavy (non-hydrogen) atoms. The van der Waals surface area contributed by atoms with Gasteiger partial charge in [-0.3, -0.25) is 9.59 Å². The van der Waals surface area contributed by atoms with Gasteiger partial charge in [0.1, 0.15) is 4.90 Å². The molecule has 146 valence electrons. The predicted molar refractivity (Wildman–Crippen MR) is 101 cm³/mol. The third-order valence-corrected chi connectivity index (χ3v) is 9.55. The molecule has 1 aliphatic heterocycles. The van der Waals surface area contributed by atoms with Crippen LogP contribution in [0, 0.1) is 16.7 Å². The second kappa shape index (κ2) is 5.56. The maximum absolute atomic E-state index is 12.9. The molecule has 0 radical (unpaired) electrons. The van der Waals surface area contributed by atoms with E-state index in [1.165, 1.54) is 18.6 Å². The highest BCUT2D eigenvalue weighted by atomic mass is 32.2. The van der Waals surface area contributed by atoms with Crippen LogP contribution in [0.25, 0.3) is 0 Å². The average Bonchev–Trinajstić information content (AvgIpc) is 3.03. The lowest BCUT2D eigenvalue weighted by Gasteiger charge is -2.39. The fraction of sp³-hybridized carbons (Fsp3) is 0.600. The molecular weight excluding hydrogens is 364 g/mol. The summed E-state index contributed by atoms with van der Waals surface area (Å²) in [6.07, 6.45) is 3.25. The Morgan fingerprint density at radius 2 is 2.00 bits per heavy atom. The number of hydrogen-bond donors (Lipinski definition) is 1. The van der Waals surface area contributed by atoms with Crippen LogP contribution < -0.4 is 5.32 Å². The van der Waals surface area contributed by atoms with Crippen molar-refractivity contribution in [3.05, 3.63) is 29.3 Å². The lowest BCUT2D eigenvalue weighted by molar-refractivity contribution is 0.0823. The van der Waals surface area contributed by atoms with E-state index in [4.69, 9.17) is 0 Å². The van der Waals surface area contributed by atoms with Gasteiger partial charge in [-0.1, -0.05) is 20.8 Å². The molecule has 2 amide bonds. The summed E-state index contributed by atoms with van der Waals surface area (Å²) >= 11 is 0. The van der Waals surface area contributed by atoms with Crippen molar-refractivity contribution in [2.75, 3.05) is 6.54 Å². The molecule has 2 fully saturated rings. The number of sulfonamides is 1. The Hall–Kier alpha value is -1.89. The summed E-state index contributed by atoms with van der Waals surface area (Å²) in [5.74, 6) is -0.198. The topological polar surface area (TPSA) is 83.6 Å². The summed E-state index contributed by atoms with van der Waals surface area (Å²) in [4.78, 5) is 25.1. The second-order valence-corrected chi connectivity index (χ2v) is 10.7. The van der Waals surface area contributed by atoms with Gasteiger partial charge in [-0.15, -0.1) is 0 Å². The minimum absolute atomic E-state index is 0.0467. The number of nitrogens with zero attached hydrogens (tertiary/aromatic N) is 1. The first kappa shape index (κ1) is 18.5. The van der Waals surface area contributed by atoms with Crippen LogP contribution in [0.2, 0.25) is 0 Å². The van der Waals surface area contributed by atoms with Crippen molar-refractivity contribution in [2.45, 2.75) is 57.9 Å². The standard InChI is InChI=1S/C20H26N2O4S/c1-5-22-18(24)14-7-6-12(10-15(14)27(22,25)26)17(23)21-16-11-13-8-9-20(16,4)19(13,2)3/h6-7,10,13,16H,5,8-9,11H2,1-4H3,(H,21,23)/t13-,16-,20-/m1/s1. The molecule has 3 atom stereocenters. The number of fused-ring (bicyclic) bond motifs is 3. The van der Waals surface area contributed by atoms with Crippen LogP contribution in [0.4, 0.5) is 0 Å². The summed E-state index contributed by atoms with van der Waals surface area (Å²) in [5, 5.41) is 3.15. The summed E-state index contributed by atoms with van der Waals surface area (Å²) in [7, 11) is -3.86. The minimum atomic E-state index is -3.86. The molecule has 2 saturated carbocycles. The molecule has 1 aromatic rings. The third kappa shape index (κ3) is 2.27. The van der Waals surface area contributed by atoms with Crippen molar-refractivity contribution in [3.63, 3.8) is 0 Å². The average molecular weight is 391 g/mol. The van der Waals surface area contributed by atoms with Gasteiger partial charge in [-0.25, -0.2) is 12.7 Å². The van der Waals surface area contributed by atoms with Gasteiger partial charge in [-0.2, -0.15) is 0 Å². The molecule has 0 unspecified atom stereocenters. The van der Waals surface area contributed by atoms with E-state index in [1.807, 2.05) is 0 Å². The molecule has 1 N–H and O–H groups in total. The second-order valence-electron chi connectivity index (χ2n) is 8.82. The highest BCUT2D eigenvalue weighted by molar-refractivity contribution is 7.90. The van der Waals surface area contributed by atoms with Crippen molar-refractivity contribution in [1.82, 2.24) is 9.62 Å². The van der Waals surface area contributed by atoms with Crippen LogP contribution in [0.5, 0.6) is 0 Å². The summed E-state index contributed by atoms with van der Waals surface area (Å²) in [6, 6.07) is 4.42. The first-order valence-electron chi connectivity index (χ1n) is 9.56. The van der Waals surface area contributed by atoms with E-state index in [1.54, 1.807) is 13.0 Å². The first-order chi connectivity index (χ1) is 12.5. The minimum Gasteiger partial charge on any atom is -0.349 e. The maximum atomic E-state index is 12.9. The van der Waals surface area contributed by atoms with Crippen molar-refractivity contribution in [1.29, 1.82) is 0 Å². The molecule has 0 spiro atoms. The maximum Gasteiger partial charge on any atom is 0.268 e. The Balaban J connectivity index is 1.62. The molecule has 4 rings (SSSR count).